The Morgan fingerprint density at radius 1 is 1.36 bits per heavy atom. The SMILES string of the molecule is Cc1ccc2cc(CCC(=O)N3CC(C)OCC3(C)C)c(=O)[nH]c2c1. The lowest BCUT2D eigenvalue weighted by atomic mass is 9.99. The quantitative estimate of drug-likeness (QED) is 0.933. The zero-order chi connectivity index (χ0) is 18.2. The Morgan fingerprint density at radius 2 is 2.12 bits per heavy atom. The van der Waals surface area contributed by atoms with E-state index in [9.17, 15) is 9.59 Å². The number of morpholine rings is 1. The van der Waals surface area contributed by atoms with Crippen molar-refractivity contribution in [3.05, 3.63) is 45.7 Å². The maximum atomic E-state index is 12.7. The van der Waals surface area contributed by atoms with E-state index in [1.54, 1.807) is 0 Å². The fraction of sp³-hybridized carbons (Fsp3) is 0.500. The Bertz CT molecular complexity index is 854. The number of pyridine rings is 1. The van der Waals surface area contributed by atoms with E-state index >= 15 is 0 Å². The number of aryl methyl sites for hydroxylation is 2. The molecule has 1 aliphatic rings. The van der Waals surface area contributed by atoms with Gasteiger partial charge < -0.3 is 14.6 Å². The second-order valence-corrected chi connectivity index (χ2v) is 7.65. The standard InChI is InChI=1S/C20H26N2O3/c1-13-5-6-15-10-16(19(24)21-17(15)9-13)7-8-18(23)22-11-14(2)25-12-20(22,3)4/h5-6,9-10,14H,7-8,11-12H2,1-4H3,(H,21,24). The van der Waals surface area contributed by atoms with Crippen molar-refractivity contribution in [3.8, 4) is 0 Å². The second-order valence-electron chi connectivity index (χ2n) is 7.65. The minimum absolute atomic E-state index is 0.0456. The predicted molar refractivity (Wildman–Crippen MR) is 98.8 cm³/mol. The summed E-state index contributed by atoms with van der Waals surface area (Å²) in [6, 6.07) is 7.88. The largest absolute Gasteiger partial charge is 0.374 e. The van der Waals surface area contributed by atoms with Crippen LogP contribution in [-0.2, 0) is 16.0 Å². The van der Waals surface area contributed by atoms with Gasteiger partial charge in [-0.1, -0.05) is 12.1 Å². The van der Waals surface area contributed by atoms with Crippen molar-refractivity contribution in [1.29, 1.82) is 0 Å². The van der Waals surface area contributed by atoms with E-state index in [1.807, 2.05) is 56.9 Å². The minimum Gasteiger partial charge on any atom is -0.374 e. The Hall–Kier alpha value is -2.14. The molecule has 1 saturated heterocycles. The number of hydrogen-bond acceptors (Lipinski definition) is 3. The number of carbonyl (C=O) groups is 1. The highest BCUT2D eigenvalue weighted by Crippen LogP contribution is 2.23. The highest BCUT2D eigenvalue weighted by atomic mass is 16.5. The van der Waals surface area contributed by atoms with Crippen LogP contribution in [0, 0.1) is 6.92 Å². The lowest BCUT2D eigenvalue weighted by Gasteiger charge is -2.44. The average Bonchev–Trinajstić information content (AvgIpc) is 2.55. The van der Waals surface area contributed by atoms with Crippen LogP contribution in [0.15, 0.2) is 29.1 Å². The lowest BCUT2D eigenvalue weighted by molar-refractivity contribution is -0.152. The molecule has 25 heavy (non-hydrogen) atoms. The molecular formula is C20H26N2O3. The molecule has 1 aliphatic heterocycles. The smallest absolute Gasteiger partial charge is 0.251 e. The van der Waals surface area contributed by atoms with Crippen LogP contribution in [0.25, 0.3) is 10.9 Å². The van der Waals surface area contributed by atoms with Crippen molar-refractivity contribution in [1.82, 2.24) is 9.88 Å². The Balaban J connectivity index is 1.75. The zero-order valence-corrected chi connectivity index (χ0v) is 15.4. The second kappa shape index (κ2) is 6.64. The van der Waals surface area contributed by atoms with Crippen LogP contribution in [0.4, 0.5) is 0 Å². The summed E-state index contributed by atoms with van der Waals surface area (Å²) in [5, 5.41) is 0.993. The Morgan fingerprint density at radius 3 is 2.88 bits per heavy atom. The van der Waals surface area contributed by atoms with Gasteiger partial charge in [0.25, 0.3) is 5.56 Å². The summed E-state index contributed by atoms with van der Waals surface area (Å²) in [5.41, 5.74) is 2.18. The van der Waals surface area contributed by atoms with Gasteiger partial charge in [-0.3, -0.25) is 9.59 Å². The lowest BCUT2D eigenvalue weighted by Crippen LogP contribution is -2.57. The van der Waals surface area contributed by atoms with E-state index in [0.29, 0.717) is 31.6 Å². The molecule has 1 fully saturated rings. The molecule has 3 rings (SSSR count). The predicted octanol–water partition coefficient (Wildman–Crippen LogP) is 2.80. The number of ether oxygens (including phenoxy) is 1. The number of aromatic amines is 1. The zero-order valence-electron chi connectivity index (χ0n) is 15.4. The summed E-state index contributed by atoms with van der Waals surface area (Å²) < 4.78 is 5.66. The highest BCUT2D eigenvalue weighted by molar-refractivity contribution is 5.80. The normalized spacial score (nSPS) is 20.0. The van der Waals surface area contributed by atoms with Crippen LogP contribution >= 0.6 is 0 Å². The molecule has 1 aromatic carbocycles. The van der Waals surface area contributed by atoms with Crippen LogP contribution in [0.2, 0.25) is 0 Å². The van der Waals surface area contributed by atoms with Gasteiger partial charge in [0.05, 0.1) is 18.2 Å². The summed E-state index contributed by atoms with van der Waals surface area (Å²) >= 11 is 0. The van der Waals surface area contributed by atoms with Crippen LogP contribution < -0.4 is 5.56 Å². The molecule has 0 radical (unpaired) electrons. The van der Waals surface area contributed by atoms with E-state index in [1.165, 1.54) is 0 Å². The molecule has 0 saturated carbocycles. The summed E-state index contributed by atoms with van der Waals surface area (Å²) in [7, 11) is 0. The summed E-state index contributed by atoms with van der Waals surface area (Å²) in [4.78, 5) is 29.8. The number of fused-ring (bicyclic) bond motifs is 1. The topological polar surface area (TPSA) is 62.4 Å². The molecular weight excluding hydrogens is 316 g/mol. The summed E-state index contributed by atoms with van der Waals surface area (Å²) in [6.07, 6.45) is 0.820. The average molecular weight is 342 g/mol. The molecule has 5 nitrogen and oxygen atoms in total. The van der Waals surface area contributed by atoms with Crippen molar-refractivity contribution >= 4 is 16.8 Å². The van der Waals surface area contributed by atoms with Crippen LogP contribution in [0.1, 0.15) is 38.3 Å². The van der Waals surface area contributed by atoms with E-state index in [0.717, 1.165) is 16.5 Å². The van der Waals surface area contributed by atoms with Crippen LogP contribution in [-0.4, -0.2) is 40.6 Å². The number of nitrogens with zero attached hydrogens (tertiary/aromatic N) is 1. The van der Waals surface area contributed by atoms with Gasteiger partial charge in [0, 0.05) is 24.0 Å². The first-order valence-corrected chi connectivity index (χ1v) is 8.81. The van der Waals surface area contributed by atoms with Crippen molar-refractivity contribution < 1.29 is 9.53 Å². The number of rotatable bonds is 3. The minimum atomic E-state index is -0.309. The van der Waals surface area contributed by atoms with Gasteiger partial charge in [-0.25, -0.2) is 0 Å². The Labute approximate surface area is 148 Å². The molecule has 1 atom stereocenters. The molecule has 1 unspecified atom stereocenters. The molecule has 1 aromatic heterocycles. The van der Waals surface area contributed by atoms with Crippen LogP contribution in [0.5, 0.6) is 0 Å². The van der Waals surface area contributed by atoms with E-state index in [4.69, 9.17) is 4.74 Å². The van der Waals surface area contributed by atoms with Gasteiger partial charge in [-0.05, 0) is 57.2 Å². The molecule has 0 bridgehead atoms. The van der Waals surface area contributed by atoms with E-state index in [2.05, 4.69) is 4.98 Å². The monoisotopic (exact) mass is 342 g/mol. The van der Waals surface area contributed by atoms with E-state index < -0.39 is 0 Å². The molecule has 2 heterocycles. The third kappa shape index (κ3) is 3.76. The molecule has 0 spiro atoms. The number of benzene rings is 1. The van der Waals surface area contributed by atoms with Crippen molar-refractivity contribution in [2.75, 3.05) is 13.2 Å². The fourth-order valence-corrected chi connectivity index (χ4v) is 3.34. The fourth-order valence-electron chi connectivity index (χ4n) is 3.34. The number of hydrogen-bond donors (Lipinski definition) is 1. The van der Waals surface area contributed by atoms with E-state index in [-0.39, 0.29) is 23.1 Å². The van der Waals surface area contributed by atoms with Gasteiger partial charge in [-0.2, -0.15) is 0 Å². The van der Waals surface area contributed by atoms with Crippen molar-refractivity contribution in [2.45, 2.75) is 52.2 Å². The molecule has 1 amide bonds. The van der Waals surface area contributed by atoms with Gasteiger partial charge in [0.1, 0.15) is 0 Å². The number of nitrogens with one attached hydrogen (secondary N) is 1. The van der Waals surface area contributed by atoms with Gasteiger partial charge in [0.15, 0.2) is 0 Å². The third-order valence-electron chi connectivity index (χ3n) is 4.88. The number of carbonyl (C=O) groups excluding carboxylic acids is 1. The maximum absolute atomic E-state index is 12.7. The van der Waals surface area contributed by atoms with Gasteiger partial charge >= 0.3 is 0 Å². The molecule has 134 valence electrons. The summed E-state index contributed by atoms with van der Waals surface area (Å²) in [5.74, 6) is 0.0727. The molecule has 5 heteroatoms. The first-order valence-electron chi connectivity index (χ1n) is 8.81. The van der Waals surface area contributed by atoms with Crippen LogP contribution in [0.3, 0.4) is 0 Å². The van der Waals surface area contributed by atoms with Gasteiger partial charge in [-0.15, -0.1) is 0 Å². The number of amides is 1. The first-order chi connectivity index (χ1) is 11.8. The molecule has 0 aliphatic carbocycles. The van der Waals surface area contributed by atoms with Crippen molar-refractivity contribution in [3.63, 3.8) is 0 Å². The molecule has 2 aromatic rings. The first kappa shape index (κ1) is 17.7. The summed E-state index contributed by atoms with van der Waals surface area (Å²) in [6.45, 7) is 9.14. The third-order valence-corrected chi connectivity index (χ3v) is 4.88. The number of H-pyrrole nitrogens is 1. The molecule has 1 N–H and O–H groups in total. The Kier molecular flexibility index (Phi) is 4.69. The number of aromatic nitrogens is 1. The van der Waals surface area contributed by atoms with Crippen molar-refractivity contribution in [2.24, 2.45) is 0 Å². The highest BCUT2D eigenvalue weighted by Gasteiger charge is 2.36. The van der Waals surface area contributed by atoms with Gasteiger partial charge in [0.2, 0.25) is 5.91 Å². The maximum Gasteiger partial charge on any atom is 0.251 e.